The number of hydrogen-bond donors (Lipinski definition) is 1. The van der Waals surface area contributed by atoms with Crippen molar-refractivity contribution < 1.29 is 5.11 Å². The van der Waals surface area contributed by atoms with Gasteiger partial charge < -0.3 is 5.11 Å². The van der Waals surface area contributed by atoms with Gasteiger partial charge >= 0.3 is 0 Å². The second-order valence-electron chi connectivity index (χ2n) is 4.07. The van der Waals surface area contributed by atoms with Gasteiger partial charge in [0, 0.05) is 17.6 Å². The summed E-state index contributed by atoms with van der Waals surface area (Å²) in [5.41, 5.74) is 0.626. The first-order chi connectivity index (χ1) is 9.33. The predicted octanol–water partition coefficient (Wildman–Crippen LogP) is 4.36. The van der Waals surface area contributed by atoms with Gasteiger partial charge in [0.15, 0.2) is 5.82 Å². The lowest BCUT2D eigenvalue weighted by Crippen LogP contribution is -1.74. The molecule has 92 valence electrons. The largest absolute Gasteiger partial charge is 0.508 e. The summed E-state index contributed by atoms with van der Waals surface area (Å²) in [6, 6.07) is 16.5. The predicted molar refractivity (Wildman–Crippen MR) is 74.0 cm³/mol. The number of nitrogens with zero attached hydrogens (tertiary/aromatic N) is 3. The van der Waals surface area contributed by atoms with Crippen LogP contribution in [0.5, 0.6) is 5.75 Å². The van der Waals surface area contributed by atoms with E-state index in [1.165, 1.54) is 0 Å². The van der Waals surface area contributed by atoms with Gasteiger partial charge in [-0.05, 0) is 23.6 Å². The van der Waals surface area contributed by atoms with Gasteiger partial charge in [0.25, 0.3) is 0 Å². The van der Waals surface area contributed by atoms with Gasteiger partial charge in [-0.15, -0.1) is 10.2 Å². The zero-order valence-electron chi connectivity index (χ0n) is 10.1. The van der Waals surface area contributed by atoms with Crippen molar-refractivity contribution in [1.82, 2.24) is 4.98 Å². The molecule has 0 saturated carbocycles. The van der Waals surface area contributed by atoms with Crippen LogP contribution in [0.15, 0.2) is 71.0 Å². The van der Waals surface area contributed by atoms with Gasteiger partial charge in [-0.2, -0.15) is 0 Å². The van der Waals surface area contributed by atoms with Crippen LogP contribution in [0.25, 0.3) is 10.8 Å². The molecule has 0 atom stereocenters. The van der Waals surface area contributed by atoms with E-state index in [1.807, 2.05) is 36.4 Å². The minimum atomic E-state index is 0.175. The van der Waals surface area contributed by atoms with Crippen LogP contribution in [-0.2, 0) is 0 Å². The van der Waals surface area contributed by atoms with Crippen LogP contribution in [0, 0.1) is 0 Å². The first kappa shape index (κ1) is 11.3. The highest BCUT2D eigenvalue weighted by Crippen LogP contribution is 2.31. The Hall–Kier alpha value is -2.75. The fourth-order valence-corrected chi connectivity index (χ4v) is 1.88. The zero-order valence-corrected chi connectivity index (χ0v) is 10.1. The SMILES string of the molecule is Oc1cc(/N=N/c2ccccn2)c2ccccc2c1. The van der Waals surface area contributed by atoms with E-state index in [-0.39, 0.29) is 5.75 Å². The lowest BCUT2D eigenvalue weighted by Gasteiger charge is -2.02. The number of hydrogen-bond acceptors (Lipinski definition) is 4. The lowest BCUT2D eigenvalue weighted by atomic mass is 10.1. The molecule has 0 amide bonds. The molecule has 0 saturated heterocycles. The normalized spacial score (nSPS) is 11.2. The Morgan fingerprint density at radius 2 is 1.74 bits per heavy atom. The van der Waals surface area contributed by atoms with Crippen molar-refractivity contribution in [3.8, 4) is 5.75 Å². The maximum atomic E-state index is 9.69. The molecule has 0 aliphatic heterocycles. The number of aromatic nitrogens is 1. The quantitative estimate of drug-likeness (QED) is 0.686. The van der Waals surface area contributed by atoms with E-state index in [4.69, 9.17) is 0 Å². The Bertz CT molecular complexity index is 739. The van der Waals surface area contributed by atoms with Crippen molar-refractivity contribution in [1.29, 1.82) is 0 Å². The number of phenols is 1. The molecule has 0 fully saturated rings. The van der Waals surface area contributed by atoms with Crippen molar-refractivity contribution in [3.05, 3.63) is 60.8 Å². The van der Waals surface area contributed by atoms with E-state index in [2.05, 4.69) is 15.2 Å². The fraction of sp³-hybridized carbons (Fsp3) is 0. The van der Waals surface area contributed by atoms with Crippen LogP contribution in [0.4, 0.5) is 11.5 Å². The number of phenolic OH excluding ortho intramolecular Hbond substituents is 1. The average Bonchev–Trinajstić information content (AvgIpc) is 2.45. The summed E-state index contributed by atoms with van der Waals surface area (Å²) < 4.78 is 0. The molecule has 19 heavy (non-hydrogen) atoms. The number of rotatable bonds is 2. The summed E-state index contributed by atoms with van der Waals surface area (Å²) in [6.07, 6.45) is 1.66. The third-order valence-corrected chi connectivity index (χ3v) is 2.73. The van der Waals surface area contributed by atoms with Crippen LogP contribution >= 0.6 is 0 Å². The zero-order chi connectivity index (χ0) is 13.1. The molecule has 2 aromatic carbocycles. The van der Waals surface area contributed by atoms with Crippen molar-refractivity contribution in [3.63, 3.8) is 0 Å². The van der Waals surface area contributed by atoms with Crippen LogP contribution in [0.3, 0.4) is 0 Å². The van der Waals surface area contributed by atoms with Gasteiger partial charge in [0.05, 0.1) is 5.69 Å². The molecule has 1 heterocycles. The molecule has 4 nitrogen and oxygen atoms in total. The van der Waals surface area contributed by atoms with Crippen molar-refractivity contribution in [2.45, 2.75) is 0 Å². The molecule has 0 aliphatic rings. The van der Waals surface area contributed by atoms with E-state index in [0.29, 0.717) is 11.5 Å². The Labute approximate surface area is 110 Å². The molecule has 1 aromatic heterocycles. The molecule has 0 aliphatic carbocycles. The first-order valence-corrected chi connectivity index (χ1v) is 5.87. The van der Waals surface area contributed by atoms with Crippen LogP contribution < -0.4 is 0 Å². The number of pyridine rings is 1. The third kappa shape index (κ3) is 2.42. The molecular formula is C15H11N3O. The lowest BCUT2D eigenvalue weighted by molar-refractivity contribution is 0.476. The number of fused-ring (bicyclic) bond motifs is 1. The molecule has 1 N–H and O–H groups in total. The Morgan fingerprint density at radius 3 is 2.58 bits per heavy atom. The average molecular weight is 249 g/mol. The molecule has 0 spiro atoms. The monoisotopic (exact) mass is 249 g/mol. The number of benzene rings is 2. The van der Waals surface area contributed by atoms with Crippen LogP contribution in [-0.4, -0.2) is 10.1 Å². The van der Waals surface area contributed by atoms with Crippen LogP contribution in [0.1, 0.15) is 0 Å². The van der Waals surface area contributed by atoms with Gasteiger partial charge in [0.2, 0.25) is 0 Å². The fourth-order valence-electron chi connectivity index (χ4n) is 1.88. The molecular weight excluding hydrogens is 238 g/mol. The standard InChI is InChI=1S/C15H11N3O/c19-12-9-11-5-1-2-6-13(11)14(10-12)17-18-15-7-3-4-8-16-15/h1-10,19H/b18-17+. The van der Waals surface area contributed by atoms with Gasteiger partial charge in [0.1, 0.15) is 5.75 Å². The Morgan fingerprint density at radius 1 is 0.895 bits per heavy atom. The van der Waals surface area contributed by atoms with Gasteiger partial charge in [-0.3, -0.25) is 0 Å². The number of aromatic hydroxyl groups is 1. The summed E-state index contributed by atoms with van der Waals surface area (Å²) in [6.45, 7) is 0. The topological polar surface area (TPSA) is 57.8 Å². The molecule has 0 radical (unpaired) electrons. The maximum absolute atomic E-state index is 9.69. The van der Waals surface area contributed by atoms with Crippen molar-refractivity contribution >= 4 is 22.3 Å². The first-order valence-electron chi connectivity index (χ1n) is 5.87. The Kier molecular flexibility index (Phi) is 2.90. The molecule has 3 rings (SSSR count). The Balaban J connectivity index is 2.08. The van der Waals surface area contributed by atoms with E-state index < -0.39 is 0 Å². The van der Waals surface area contributed by atoms with E-state index in [1.54, 1.807) is 24.4 Å². The van der Waals surface area contributed by atoms with E-state index in [0.717, 1.165) is 10.8 Å². The second kappa shape index (κ2) is 4.86. The maximum Gasteiger partial charge on any atom is 0.174 e. The summed E-state index contributed by atoms with van der Waals surface area (Å²) in [5, 5.41) is 19.8. The summed E-state index contributed by atoms with van der Waals surface area (Å²) in [5.74, 6) is 0.712. The van der Waals surface area contributed by atoms with Crippen molar-refractivity contribution in [2.75, 3.05) is 0 Å². The minimum Gasteiger partial charge on any atom is -0.508 e. The second-order valence-corrected chi connectivity index (χ2v) is 4.07. The minimum absolute atomic E-state index is 0.175. The molecule has 4 heteroatoms. The van der Waals surface area contributed by atoms with E-state index in [9.17, 15) is 5.11 Å². The number of azo groups is 1. The smallest absolute Gasteiger partial charge is 0.174 e. The molecule has 0 unspecified atom stereocenters. The van der Waals surface area contributed by atoms with Gasteiger partial charge in [-0.1, -0.05) is 30.3 Å². The van der Waals surface area contributed by atoms with E-state index >= 15 is 0 Å². The van der Waals surface area contributed by atoms with Gasteiger partial charge in [-0.25, -0.2) is 4.98 Å². The summed E-state index contributed by atoms with van der Waals surface area (Å²) in [4.78, 5) is 4.07. The summed E-state index contributed by atoms with van der Waals surface area (Å²) in [7, 11) is 0. The summed E-state index contributed by atoms with van der Waals surface area (Å²) >= 11 is 0. The van der Waals surface area contributed by atoms with Crippen LogP contribution in [0.2, 0.25) is 0 Å². The van der Waals surface area contributed by atoms with Crippen molar-refractivity contribution in [2.24, 2.45) is 10.2 Å². The highest BCUT2D eigenvalue weighted by molar-refractivity contribution is 5.93. The highest BCUT2D eigenvalue weighted by Gasteiger charge is 2.02. The molecule has 3 aromatic rings. The molecule has 0 bridgehead atoms. The third-order valence-electron chi connectivity index (χ3n) is 2.73. The highest BCUT2D eigenvalue weighted by atomic mass is 16.3.